The third kappa shape index (κ3) is 1.90. The highest BCUT2D eigenvalue weighted by atomic mass is 15.1. The molecule has 0 aliphatic carbocycles. The maximum absolute atomic E-state index is 3.93. The third-order valence-electron chi connectivity index (χ3n) is 1.07. The lowest BCUT2D eigenvalue weighted by atomic mass is 10.5. The monoisotopic (exact) mass is 136 g/mol. The van der Waals surface area contributed by atoms with Crippen molar-refractivity contribution in [1.82, 2.24) is 4.90 Å². The first-order valence-corrected chi connectivity index (χ1v) is 2.92. The quantitative estimate of drug-likeness (QED) is 0.426. The summed E-state index contributed by atoms with van der Waals surface area (Å²) in [5, 5.41) is 0. The van der Waals surface area contributed by atoms with Crippen molar-refractivity contribution in [3.63, 3.8) is 0 Å². The molecule has 0 amide bonds. The fourth-order valence-corrected chi connectivity index (χ4v) is 0.574. The Bertz CT molecular complexity index is 160. The van der Waals surface area contributed by atoms with Crippen LogP contribution in [0, 0.1) is 0 Å². The fraction of sp³-hybridized carbons (Fsp3) is 0.125. The van der Waals surface area contributed by atoms with E-state index in [0.717, 1.165) is 5.84 Å². The van der Waals surface area contributed by atoms with Gasteiger partial charge in [-0.3, -0.25) is 4.99 Å². The Morgan fingerprint density at radius 2 is 1.80 bits per heavy atom. The van der Waals surface area contributed by atoms with E-state index in [2.05, 4.69) is 24.7 Å². The fourth-order valence-electron chi connectivity index (χ4n) is 0.574. The van der Waals surface area contributed by atoms with Crippen LogP contribution in [-0.4, -0.2) is 17.8 Å². The standard InChI is InChI=1S/C8H12N2/c1-5-8(9-4)10(6-2)7-3/h5-7H,1-3H2,4H3. The Labute approximate surface area is 61.9 Å². The summed E-state index contributed by atoms with van der Waals surface area (Å²) < 4.78 is 0. The summed E-state index contributed by atoms with van der Waals surface area (Å²) in [5.74, 6) is 0.741. The number of rotatable bonds is 3. The van der Waals surface area contributed by atoms with Crippen molar-refractivity contribution >= 4 is 5.84 Å². The molecule has 0 fully saturated rings. The molecule has 0 aromatic heterocycles. The Morgan fingerprint density at radius 1 is 1.30 bits per heavy atom. The van der Waals surface area contributed by atoms with Gasteiger partial charge in [-0.25, -0.2) is 0 Å². The van der Waals surface area contributed by atoms with Crippen LogP contribution in [-0.2, 0) is 0 Å². The van der Waals surface area contributed by atoms with E-state index >= 15 is 0 Å². The highest BCUT2D eigenvalue weighted by Gasteiger charge is 1.95. The largest absolute Gasteiger partial charge is 0.310 e. The molecule has 2 nitrogen and oxygen atoms in total. The van der Waals surface area contributed by atoms with E-state index < -0.39 is 0 Å². The van der Waals surface area contributed by atoms with Crippen LogP contribution in [0.15, 0.2) is 43.2 Å². The Balaban J connectivity index is 4.38. The topological polar surface area (TPSA) is 15.6 Å². The summed E-state index contributed by atoms with van der Waals surface area (Å²) in [7, 11) is 1.69. The van der Waals surface area contributed by atoms with Gasteiger partial charge < -0.3 is 4.90 Å². The van der Waals surface area contributed by atoms with E-state index in [4.69, 9.17) is 0 Å². The van der Waals surface area contributed by atoms with Gasteiger partial charge in [0.25, 0.3) is 0 Å². The minimum absolute atomic E-state index is 0.741. The first kappa shape index (κ1) is 8.69. The molecule has 0 spiro atoms. The molecule has 0 bridgehead atoms. The van der Waals surface area contributed by atoms with Crippen molar-refractivity contribution in [1.29, 1.82) is 0 Å². The minimum atomic E-state index is 0.741. The van der Waals surface area contributed by atoms with E-state index in [9.17, 15) is 0 Å². The molecule has 0 aromatic carbocycles. The van der Waals surface area contributed by atoms with E-state index in [0.29, 0.717) is 0 Å². The smallest absolute Gasteiger partial charge is 0.130 e. The van der Waals surface area contributed by atoms with Gasteiger partial charge in [0.15, 0.2) is 0 Å². The van der Waals surface area contributed by atoms with Crippen molar-refractivity contribution in [2.45, 2.75) is 0 Å². The summed E-state index contributed by atoms with van der Waals surface area (Å²) in [5.41, 5.74) is 0. The molecule has 0 radical (unpaired) electrons. The molecule has 0 N–H and O–H groups in total. The predicted molar refractivity (Wildman–Crippen MR) is 45.8 cm³/mol. The predicted octanol–water partition coefficient (Wildman–Crippen LogP) is 1.79. The molecule has 0 saturated carbocycles. The van der Waals surface area contributed by atoms with Crippen LogP contribution in [0.25, 0.3) is 0 Å². The van der Waals surface area contributed by atoms with Gasteiger partial charge in [-0.05, 0) is 6.08 Å². The molecule has 0 aliphatic heterocycles. The van der Waals surface area contributed by atoms with Crippen LogP contribution in [0.3, 0.4) is 0 Å². The Morgan fingerprint density at radius 3 is 1.90 bits per heavy atom. The van der Waals surface area contributed by atoms with Crippen LogP contribution in [0.4, 0.5) is 0 Å². The van der Waals surface area contributed by atoms with Gasteiger partial charge in [0.2, 0.25) is 0 Å². The minimum Gasteiger partial charge on any atom is -0.310 e. The average Bonchev–Trinajstić information content (AvgIpc) is 2.00. The van der Waals surface area contributed by atoms with E-state index in [-0.39, 0.29) is 0 Å². The van der Waals surface area contributed by atoms with Crippen molar-refractivity contribution in [2.24, 2.45) is 4.99 Å². The lowest BCUT2D eigenvalue weighted by Crippen LogP contribution is -2.16. The van der Waals surface area contributed by atoms with Gasteiger partial charge in [-0.2, -0.15) is 0 Å². The lowest BCUT2D eigenvalue weighted by Gasteiger charge is -2.12. The molecule has 0 saturated heterocycles. The molecule has 2 heteroatoms. The molecule has 0 aromatic rings. The maximum atomic E-state index is 3.93. The molecule has 0 unspecified atom stereocenters. The van der Waals surface area contributed by atoms with E-state index in [1.165, 1.54) is 0 Å². The number of nitrogens with zero attached hydrogens (tertiary/aromatic N) is 2. The van der Waals surface area contributed by atoms with Crippen molar-refractivity contribution in [2.75, 3.05) is 7.05 Å². The normalized spacial score (nSPS) is 10.3. The number of hydrogen-bond acceptors (Lipinski definition) is 1. The second-order valence-corrected chi connectivity index (χ2v) is 1.56. The molecule has 0 aliphatic rings. The highest BCUT2D eigenvalue weighted by Crippen LogP contribution is 1.92. The molecular weight excluding hydrogens is 124 g/mol. The second-order valence-electron chi connectivity index (χ2n) is 1.56. The third-order valence-corrected chi connectivity index (χ3v) is 1.07. The van der Waals surface area contributed by atoms with Crippen molar-refractivity contribution < 1.29 is 0 Å². The van der Waals surface area contributed by atoms with Crippen molar-refractivity contribution in [3.05, 3.63) is 38.2 Å². The van der Waals surface area contributed by atoms with E-state index in [1.807, 2.05) is 0 Å². The molecule has 0 rings (SSSR count). The molecular formula is C8H12N2. The van der Waals surface area contributed by atoms with Crippen LogP contribution in [0.1, 0.15) is 0 Å². The molecule has 0 atom stereocenters. The van der Waals surface area contributed by atoms with Crippen LogP contribution < -0.4 is 0 Å². The first-order chi connectivity index (χ1) is 4.79. The van der Waals surface area contributed by atoms with Crippen LogP contribution in [0.2, 0.25) is 0 Å². The molecule has 10 heavy (non-hydrogen) atoms. The van der Waals surface area contributed by atoms with Gasteiger partial charge >= 0.3 is 0 Å². The lowest BCUT2D eigenvalue weighted by molar-refractivity contribution is 0.767. The molecule has 0 heterocycles. The van der Waals surface area contributed by atoms with Gasteiger partial charge in [0.05, 0.1) is 0 Å². The zero-order valence-electron chi connectivity index (χ0n) is 6.25. The zero-order chi connectivity index (χ0) is 7.98. The van der Waals surface area contributed by atoms with E-state index in [1.54, 1.807) is 30.4 Å². The number of amidine groups is 1. The summed E-state index contributed by atoms with van der Waals surface area (Å²) in [6, 6.07) is 0. The number of hydrogen-bond donors (Lipinski definition) is 0. The maximum Gasteiger partial charge on any atom is 0.130 e. The first-order valence-electron chi connectivity index (χ1n) is 2.92. The molecule has 54 valence electrons. The van der Waals surface area contributed by atoms with Gasteiger partial charge in [0.1, 0.15) is 5.84 Å². The Hall–Kier alpha value is -1.31. The Kier molecular flexibility index (Phi) is 3.96. The average molecular weight is 136 g/mol. The van der Waals surface area contributed by atoms with Crippen LogP contribution >= 0.6 is 0 Å². The van der Waals surface area contributed by atoms with Crippen molar-refractivity contribution in [3.8, 4) is 0 Å². The zero-order valence-corrected chi connectivity index (χ0v) is 6.25. The summed E-state index contributed by atoms with van der Waals surface area (Å²) in [4.78, 5) is 5.62. The SMILES string of the molecule is C=CC(=NC)N(C=C)C=C. The van der Waals surface area contributed by atoms with Gasteiger partial charge in [0, 0.05) is 19.4 Å². The summed E-state index contributed by atoms with van der Waals surface area (Å²) in [6.45, 7) is 10.7. The van der Waals surface area contributed by atoms with Gasteiger partial charge in [-0.1, -0.05) is 19.7 Å². The summed E-state index contributed by atoms with van der Waals surface area (Å²) >= 11 is 0. The highest BCUT2D eigenvalue weighted by molar-refractivity contribution is 5.93. The summed E-state index contributed by atoms with van der Waals surface area (Å²) in [6.07, 6.45) is 4.89. The van der Waals surface area contributed by atoms with Crippen LogP contribution in [0.5, 0.6) is 0 Å². The second kappa shape index (κ2) is 4.56. The number of aliphatic imine (C=N–C) groups is 1. The van der Waals surface area contributed by atoms with Gasteiger partial charge in [-0.15, -0.1) is 0 Å².